The molecule has 0 bridgehead atoms. The van der Waals surface area contributed by atoms with Gasteiger partial charge in [-0.05, 0) is 54.4 Å². The van der Waals surface area contributed by atoms with E-state index >= 15 is 0 Å². The van der Waals surface area contributed by atoms with E-state index in [-0.39, 0.29) is 12.6 Å². The first-order chi connectivity index (χ1) is 13.1. The second-order valence-electron chi connectivity index (χ2n) is 5.90. The predicted molar refractivity (Wildman–Crippen MR) is 109 cm³/mol. The van der Waals surface area contributed by atoms with Crippen LogP contribution in [0.3, 0.4) is 0 Å². The van der Waals surface area contributed by atoms with Crippen molar-refractivity contribution in [3.05, 3.63) is 92.1 Å². The molecule has 0 saturated heterocycles. The lowest BCUT2D eigenvalue weighted by atomic mass is 10.1. The van der Waals surface area contributed by atoms with Crippen molar-refractivity contribution in [3.8, 4) is 10.8 Å². The van der Waals surface area contributed by atoms with Crippen molar-refractivity contribution in [2.45, 2.75) is 19.6 Å². The quantitative estimate of drug-likeness (QED) is 0.231. The highest BCUT2D eigenvalue weighted by Gasteiger charge is 2.13. The number of hydrogen-bond donors (Lipinski definition) is 0. The maximum atomic E-state index is 8.62. The van der Waals surface area contributed by atoms with Crippen LogP contribution in [-0.4, -0.2) is 6.54 Å². The minimum atomic E-state index is -0.358. The van der Waals surface area contributed by atoms with Gasteiger partial charge in [0.15, 0.2) is 5.06 Å². The summed E-state index contributed by atoms with van der Waals surface area (Å²) in [7, 11) is 0. The van der Waals surface area contributed by atoms with Gasteiger partial charge >= 0.3 is 0 Å². The second-order valence-corrected chi connectivity index (χ2v) is 7.47. The molecular weight excluding hydrogens is 382 g/mol. The van der Waals surface area contributed by atoms with E-state index in [9.17, 15) is 0 Å². The SMILES string of the molecule is Cc1ccc(Oc2ccc(CO[C@@H](CN=[N+]=[N-])c3cccc(Cl)c3)s2)cc1. The Morgan fingerprint density at radius 2 is 1.96 bits per heavy atom. The Labute approximate surface area is 166 Å². The lowest BCUT2D eigenvalue weighted by Gasteiger charge is -2.16. The van der Waals surface area contributed by atoms with Crippen LogP contribution in [0.1, 0.15) is 22.1 Å². The molecule has 0 aliphatic heterocycles. The van der Waals surface area contributed by atoms with Crippen LogP contribution in [0.25, 0.3) is 10.4 Å². The zero-order valence-corrected chi connectivity index (χ0v) is 16.3. The highest BCUT2D eigenvalue weighted by atomic mass is 35.5. The first-order valence-electron chi connectivity index (χ1n) is 8.35. The lowest BCUT2D eigenvalue weighted by Crippen LogP contribution is -2.07. The summed E-state index contributed by atoms with van der Waals surface area (Å²) in [6, 6.07) is 19.2. The van der Waals surface area contributed by atoms with E-state index in [4.69, 9.17) is 26.6 Å². The number of halogens is 1. The topological polar surface area (TPSA) is 67.2 Å². The molecule has 1 heterocycles. The zero-order chi connectivity index (χ0) is 19.1. The molecule has 0 amide bonds. The molecule has 1 aromatic heterocycles. The maximum Gasteiger partial charge on any atom is 0.181 e. The van der Waals surface area contributed by atoms with E-state index < -0.39 is 0 Å². The van der Waals surface area contributed by atoms with Crippen LogP contribution in [0, 0.1) is 6.92 Å². The van der Waals surface area contributed by atoms with Gasteiger partial charge in [-0.25, -0.2) is 0 Å². The van der Waals surface area contributed by atoms with Gasteiger partial charge in [-0.1, -0.05) is 46.5 Å². The maximum absolute atomic E-state index is 8.62. The lowest BCUT2D eigenvalue weighted by molar-refractivity contribution is 0.0473. The van der Waals surface area contributed by atoms with Gasteiger partial charge in [0.25, 0.3) is 0 Å². The average molecular weight is 400 g/mol. The monoisotopic (exact) mass is 399 g/mol. The smallest absolute Gasteiger partial charge is 0.181 e. The van der Waals surface area contributed by atoms with Gasteiger partial charge in [0.1, 0.15) is 5.75 Å². The van der Waals surface area contributed by atoms with E-state index in [1.807, 2.05) is 61.5 Å². The first kappa shape index (κ1) is 19.3. The summed E-state index contributed by atoms with van der Waals surface area (Å²) in [5.41, 5.74) is 10.7. The Kier molecular flexibility index (Phi) is 6.74. The first-order valence-corrected chi connectivity index (χ1v) is 9.54. The summed E-state index contributed by atoms with van der Waals surface area (Å²) >= 11 is 7.58. The highest BCUT2D eigenvalue weighted by molar-refractivity contribution is 7.13. The Balaban J connectivity index is 1.64. The molecule has 0 fully saturated rings. The van der Waals surface area contributed by atoms with Gasteiger partial charge in [-0.15, -0.1) is 11.3 Å². The molecule has 0 aliphatic rings. The number of azide groups is 1. The molecule has 3 rings (SSSR count). The molecule has 3 aromatic rings. The fraction of sp³-hybridized carbons (Fsp3) is 0.200. The summed E-state index contributed by atoms with van der Waals surface area (Å²) < 4.78 is 11.8. The highest BCUT2D eigenvalue weighted by Crippen LogP contribution is 2.31. The van der Waals surface area contributed by atoms with Gasteiger partial charge in [0.2, 0.25) is 0 Å². The average Bonchev–Trinajstić information content (AvgIpc) is 3.11. The van der Waals surface area contributed by atoms with Gasteiger partial charge in [0.05, 0.1) is 19.3 Å². The minimum absolute atomic E-state index is 0.203. The third-order valence-electron chi connectivity index (χ3n) is 3.83. The summed E-state index contributed by atoms with van der Waals surface area (Å²) in [6.07, 6.45) is -0.358. The summed E-state index contributed by atoms with van der Waals surface area (Å²) in [4.78, 5) is 3.85. The van der Waals surface area contributed by atoms with Crippen LogP contribution < -0.4 is 4.74 Å². The number of ether oxygens (including phenoxy) is 2. The molecule has 7 heteroatoms. The molecule has 0 unspecified atom stereocenters. The molecular formula is C20H18ClN3O2S. The van der Waals surface area contributed by atoms with Crippen LogP contribution >= 0.6 is 22.9 Å². The normalized spacial score (nSPS) is 11.6. The molecule has 0 saturated carbocycles. The van der Waals surface area contributed by atoms with Crippen molar-refractivity contribution in [2.75, 3.05) is 6.54 Å². The Hall–Kier alpha value is -2.50. The van der Waals surface area contributed by atoms with Gasteiger partial charge < -0.3 is 9.47 Å². The summed E-state index contributed by atoms with van der Waals surface area (Å²) in [5, 5.41) is 5.07. The zero-order valence-electron chi connectivity index (χ0n) is 14.7. The Bertz CT molecular complexity index is 936. The predicted octanol–water partition coefficient (Wildman–Crippen LogP) is 7.07. The molecule has 0 spiro atoms. The number of hydrogen-bond acceptors (Lipinski definition) is 4. The van der Waals surface area contributed by atoms with E-state index in [1.165, 1.54) is 16.9 Å². The number of thiophene rings is 1. The van der Waals surface area contributed by atoms with Crippen molar-refractivity contribution in [1.29, 1.82) is 0 Å². The number of benzene rings is 2. The second kappa shape index (κ2) is 9.44. The van der Waals surface area contributed by atoms with Crippen LogP contribution in [0.15, 0.2) is 65.8 Å². The van der Waals surface area contributed by atoms with Crippen molar-refractivity contribution < 1.29 is 9.47 Å². The van der Waals surface area contributed by atoms with Crippen LogP contribution in [0.4, 0.5) is 0 Å². The van der Waals surface area contributed by atoms with Gasteiger partial charge in [-0.2, -0.15) is 0 Å². The van der Waals surface area contributed by atoms with Crippen molar-refractivity contribution in [2.24, 2.45) is 5.11 Å². The van der Waals surface area contributed by atoms with Crippen molar-refractivity contribution >= 4 is 22.9 Å². The summed E-state index contributed by atoms with van der Waals surface area (Å²) in [6.45, 7) is 2.63. The van der Waals surface area contributed by atoms with E-state index in [0.717, 1.165) is 21.3 Å². The largest absolute Gasteiger partial charge is 0.447 e. The van der Waals surface area contributed by atoms with Crippen molar-refractivity contribution in [1.82, 2.24) is 0 Å². The number of rotatable bonds is 8. The van der Waals surface area contributed by atoms with Crippen molar-refractivity contribution in [3.63, 3.8) is 0 Å². The fourth-order valence-electron chi connectivity index (χ4n) is 2.47. The van der Waals surface area contributed by atoms with Crippen LogP contribution in [-0.2, 0) is 11.3 Å². The fourth-order valence-corrected chi connectivity index (χ4v) is 3.46. The van der Waals surface area contributed by atoms with Crippen LogP contribution in [0.5, 0.6) is 10.8 Å². The van der Waals surface area contributed by atoms with E-state index in [0.29, 0.717) is 11.6 Å². The molecule has 0 N–H and O–H groups in total. The standard InChI is InChI=1S/C20H18ClN3O2S/c1-14-5-7-17(8-6-14)26-20-10-9-18(27-20)13-25-19(12-23-24-22)15-3-2-4-16(21)11-15/h2-11,19H,12-13H2,1H3/t19-/m0/s1. The van der Waals surface area contributed by atoms with Crippen LogP contribution in [0.2, 0.25) is 5.02 Å². The number of aryl methyl sites for hydroxylation is 1. The number of nitrogens with zero attached hydrogens (tertiary/aromatic N) is 3. The third-order valence-corrected chi connectivity index (χ3v) is 5.01. The van der Waals surface area contributed by atoms with Gasteiger partial charge in [0, 0.05) is 14.8 Å². The van der Waals surface area contributed by atoms with E-state index in [2.05, 4.69) is 10.0 Å². The minimum Gasteiger partial charge on any atom is -0.447 e. The molecule has 5 nitrogen and oxygen atoms in total. The molecule has 0 aliphatic carbocycles. The van der Waals surface area contributed by atoms with Gasteiger partial charge in [-0.3, -0.25) is 0 Å². The third kappa shape index (κ3) is 5.74. The molecule has 27 heavy (non-hydrogen) atoms. The molecule has 1 atom stereocenters. The molecule has 0 radical (unpaired) electrons. The van der Waals surface area contributed by atoms with E-state index in [1.54, 1.807) is 6.07 Å². The Morgan fingerprint density at radius 1 is 1.15 bits per heavy atom. The summed E-state index contributed by atoms with van der Waals surface area (Å²) in [5.74, 6) is 0.801. The Morgan fingerprint density at radius 3 is 2.70 bits per heavy atom. The molecule has 138 valence electrons. The molecule has 2 aromatic carbocycles.